The summed E-state index contributed by atoms with van der Waals surface area (Å²) < 4.78 is 45.5. The average molecular weight is 386 g/mol. The van der Waals surface area contributed by atoms with Crippen molar-refractivity contribution < 1.29 is 18.3 Å². The second-order valence-electron chi connectivity index (χ2n) is 3.03. The van der Waals surface area contributed by atoms with Crippen molar-refractivity contribution in [2.24, 2.45) is 0 Å². The largest absolute Gasteiger partial charge is 0.321 e. The van der Waals surface area contributed by atoms with Crippen LogP contribution in [0.4, 0.5) is 0 Å². The highest BCUT2D eigenvalue weighted by Crippen LogP contribution is 2.95. The quantitative estimate of drug-likeness (QED) is 0.457. The molecule has 0 heterocycles. The van der Waals surface area contributed by atoms with Crippen LogP contribution in [-0.2, 0) is 18.3 Å². The lowest BCUT2D eigenvalue weighted by molar-refractivity contribution is 0.595. The van der Waals surface area contributed by atoms with Crippen LogP contribution >= 0.6 is 63.0 Å². The Balaban J connectivity index is 5.85. The van der Waals surface area contributed by atoms with Crippen molar-refractivity contribution in [2.75, 3.05) is 26.7 Å². The second kappa shape index (κ2) is 9.23. The summed E-state index contributed by atoms with van der Waals surface area (Å²) in [6.45, 7) is 7.26. The summed E-state index contributed by atoms with van der Waals surface area (Å²) in [6.07, 6.45) is 0. The van der Waals surface area contributed by atoms with Crippen molar-refractivity contribution in [2.45, 2.75) is 4.38 Å². The minimum absolute atomic E-state index is 0.0429. The maximum absolute atomic E-state index is 12.5. The summed E-state index contributed by atoms with van der Waals surface area (Å²) in [4.78, 5) is 0. The van der Waals surface area contributed by atoms with Gasteiger partial charge in [-0.1, -0.05) is 8.27 Å². The van der Waals surface area contributed by atoms with Gasteiger partial charge < -0.3 is 4.57 Å². The fraction of sp³-hybridized carbons (Fsp3) is 1.00. The average Bonchev–Trinajstić information content (AvgIpc) is 2.37. The van der Waals surface area contributed by atoms with Crippen LogP contribution in [0.25, 0.3) is 0 Å². The molecule has 0 aromatic rings. The first-order valence-electron chi connectivity index (χ1n) is 4.36. The predicted molar refractivity (Wildman–Crippen MR) is 87.3 cm³/mol. The van der Waals surface area contributed by atoms with Gasteiger partial charge in [-0.15, -0.1) is 0 Å². The summed E-state index contributed by atoms with van der Waals surface area (Å²) in [7, 11) is -5.10. The molecule has 0 spiro atoms. The van der Waals surface area contributed by atoms with Crippen molar-refractivity contribution in [1.29, 1.82) is 0 Å². The third-order valence-electron chi connectivity index (χ3n) is 2.25. The van der Waals surface area contributed by atoms with Crippen LogP contribution in [0.5, 0.6) is 0 Å². The number of hydrogen-bond donors (Lipinski definition) is 0. The van der Waals surface area contributed by atoms with Crippen LogP contribution < -0.4 is 0 Å². The molecular weight excluding hydrogens is 372 g/mol. The predicted octanol–water partition coefficient (Wildman–Crippen LogP) is 6.34. The fourth-order valence-electron chi connectivity index (χ4n) is 1.41. The molecule has 0 aliphatic carbocycles. The maximum atomic E-state index is 12.5. The van der Waals surface area contributed by atoms with E-state index in [9.17, 15) is 18.3 Å². The van der Waals surface area contributed by atoms with Crippen LogP contribution in [0.15, 0.2) is 0 Å². The molecule has 5 atom stereocenters. The first-order valence-corrected chi connectivity index (χ1v) is 18.2. The highest BCUT2D eigenvalue weighted by atomic mass is 32.1. The van der Waals surface area contributed by atoms with Gasteiger partial charge in [0.2, 0.25) is 0 Å². The molecule has 0 amide bonds. The third kappa shape index (κ3) is 4.11. The molecule has 4 nitrogen and oxygen atoms in total. The summed E-state index contributed by atoms with van der Waals surface area (Å²) in [5.41, 5.74) is 0. The molecule has 0 aliphatic heterocycles. The van der Waals surface area contributed by atoms with Gasteiger partial charge in [-0.2, -0.15) is 0 Å². The van der Waals surface area contributed by atoms with E-state index in [4.69, 9.17) is 0 Å². The minimum Gasteiger partial charge on any atom is -0.321 e. The minimum atomic E-state index is -2.02. The van der Waals surface area contributed by atoms with E-state index in [2.05, 4.69) is 0 Å². The first kappa shape index (κ1) is 19.2. The van der Waals surface area contributed by atoms with Crippen molar-refractivity contribution in [3.8, 4) is 0 Å². The van der Waals surface area contributed by atoms with Gasteiger partial charge in [0, 0.05) is 22.8 Å². The van der Waals surface area contributed by atoms with E-state index in [0.29, 0.717) is 0 Å². The van der Waals surface area contributed by atoms with Crippen molar-refractivity contribution in [1.82, 2.24) is 0 Å². The van der Waals surface area contributed by atoms with E-state index in [1.807, 2.05) is 6.66 Å². The second-order valence-corrected chi connectivity index (χ2v) is 22.6. The molecule has 0 bridgehead atoms. The zero-order valence-corrected chi connectivity index (χ0v) is 17.2. The fourth-order valence-corrected chi connectivity index (χ4v) is 37.4. The van der Waals surface area contributed by atoms with E-state index >= 15 is 0 Å². The summed E-state index contributed by atoms with van der Waals surface area (Å²) >= 11 is 0. The van der Waals surface area contributed by atoms with E-state index in [-0.39, 0.29) is 32.7 Å². The molecule has 0 rings (SSSR count). The summed E-state index contributed by atoms with van der Waals surface area (Å²) in [5.74, 6) is 0. The lowest BCUT2D eigenvalue weighted by Gasteiger charge is -2.39. The third-order valence-corrected chi connectivity index (χ3v) is 30.8. The van der Waals surface area contributed by atoms with Crippen molar-refractivity contribution in [3.63, 3.8) is 0 Å². The van der Waals surface area contributed by atoms with E-state index in [1.165, 1.54) is 0 Å². The monoisotopic (exact) mass is 386 g/mol. The van der Waals surface area contributed by atoms with Crippen molar-refractivity contribution in [3.05, 3.63) is 0 Å². The molecule has 0 saturated carbocycles. The van der Waals surface area contributed by atoms with Gasteiger partial charge in [-0.25, -0.2) is 0 Å². The topological polar surface area (TPSA) is 68.3 Å². The SMILES string of the molecule is CP[PH](=O)C(P(C)P=O)(P(C)P=O)P(C)P=O. The molecule has 17 heavy (non-hydrogen) atoms. The molecule has 5 unspecified atom stereocenters. The van der Waals surface area contributed by atoms with Gasteiger partial charge in [0.1, 0.15) is 11.9 Å². The van der Waals surface area contributed by atoms with Gasteiger partial charge in [-0.05, 0) is 26.7 Å². The standard InChI is InChI=1S/C5H14O4P8/c1-10-17(9)5(14(2)11-6,15(3)12-7)16(4)13-8/h10,17H,1-4H3. The first-order chi connectivity index (χ1) is 7.93. The molecule has 0 aromatic carbocycles. The normalized spacial score (nSPS) is 23.8. The maximum Gasteiger partial charge on any atom is 0.182 e. The Morgan fingerprint density at radius 1 is 0.941 bits per heavy atom. The van der Waals surface area contributed by atoms with Crippen LogP contribution in [0.3, 0.4) is 0 Å². The van der Waals surface area contributed by atoms with Gasteiger partial charge in [0.25, 0.3) is 0 Å². The summed E-state index contributed by atoms with van der Waals surface area (Å²) in [5, 5.41) is 0. The van der Waals surface area contributed by atoms with Gasteiger partial charge in [0.15, 0.2) is 24.4 Å². The lowest BCUT2D eigenvalue weighted by Crippen LogP contribution is -2.10. The molecule has 0 aromatic heterocycles. The Kier molecular flexibility index (Phi) is 10.5. The van der Waals surface area contributed by atoms with Gasteiger partial charge in [-0.3, -0.25) is 13.7 Å². The highest BCUT2D eigenvalue weighted by Gasteiger charge is 2.52. The Hall–Kier alpha value is 2.25. The van der Waals surface area contributed by atoms with Crippen LogP contribution in [0.2, 0.25) is 0 Å². The van der Waals surface area contributed by atoms with E-state index in [0.717, 1.165) is 0 Å². The Bertz CT molecular complexity index is 285. The number of rotatable bonds is 8. The summed E-state index contributed by atoms with van der Waals surface area (Å²) in [6, 6.07) is 0. The Morgan fingerprint density at radius 3 is 1.41 bits per heavy atom. The molecular formula is C5H14O4P8. The smallest absolute Gasteiger partial charge is 0.182 e. The zero-order chi connectivity index (χ0) is 13.6. The van der Waals surface area contributed by atoms with Gasteiger partial charge in [0.05, 0.1) is 0 Å². The zero-order valence-electron chi connectivity index (χ0n) is 9.82. The highest BCUT2D eigenvalue weighted by molar-refractivity contribution is 8.47. The van der Waals surface area contributed by atoms with E-state index < -0.39 is 34.7 Å². The van der Waals surface area contributed by atoms with E-state index in [1.54, 1.807) is 20.0 Å². The molecule has 0 fully saturated rings. The molecule has 12 heteroatoms. The van der Waals surface area contributed by atoms with Crippen LogP contribution in [0, 0.1) is 0 Å². The van der Waals surface area contributed by atoms with Gasteiger partial charge >= 0.3 is 0 Å². The Labute approximate surface area is 112 Å². The van der Waals surface area contributed by atoms with Crippen molar-refractivity contribution >= 4 is 63.0 Å². The Morgan fingerprint density at radius 2 is 1.24 bits per heavy atom. The number of hydrogen-bond acceptors (Lipinski definition) is 4. The lowest BCUT2D eigenvalue weighted by atomic mass is 11.8. The molecule has 0 saturated heterocycles. The molecule has 0 N–H and O–H groups in total. The van der Waals surface area contributed by atoms with Crippen LogP contribution in [-0.4, -0.2) is 31.0 Å². The molecule has 0 aliphatic rings. The molecule has 98 valence electrons. The van der Waals surface area contributed by atoms with Crippen LogP contribution in [0.1, 0.15) is 0 Å². The molecule has 0 radical (unpaired) electrons.